The van der Waals surface area contributed by atoms with Crippen molar-refractivity contribution >= 4 is 5.91 Å². The molecule has 2 aromatic heterocycles. The molecule has 3 aromatic rings. The highest BCUT2D eigenvalue weighted by Gasteiger charge is 2.25. The summed E-state index contributed by atoms with van der Waals surface area (Å²) in [4.78, 5) is 17.2. The Bertz CT molecular complexity index is 993. The Morgan fingerprint density at radius 3 is 2.34 bits per heavy atom. The maximum atomic E-state index is 12.8. The molecule has 0 radical (unpaired) electrons. The first-order valence-corrected chi connectivity index (χ1v) is 9.88. The van der Waals surface area contributed by atoms with Crippen LogP contribution in [-0.4, -0.2) is 25.8 Å². The summed E-state index contributed by atoms with van der Waals surface area (Å²) < 4.78 is 7.28. The predicted octanol–water partition coefficient (Wildman–Crippen LogP) is 4.61. The van der Waals surface area contributed by atoms with Crippen molar-refractivity contribution in [1.82, 2.24) is 25.2 Å². The molecule has 7 nitrogen and oxygen atoms in total. The molecule has 1 N–H and O–H groups in total. The van der Waals surface area contributed by atoms with E-state index in [1.54, 1.807) is 0 Å². The lowest BCUT2D eigenvalue weighted by Gasteiger charge is -2.23. The van der Waals surface area contributed by atoms with Crippen molar-refractivity contribution in [3.05, 3.63) is 53.2 Å². The second kappa shape index (κ2) is 7.81. The van der Waals surface area contributed by atoms with Gasteiger partial charge in [0, 0.05) is 11.3 Å². The second-order valence-corrected chi connectivity index (χ2v) is 8.71. The van der Waals surface area contributed by atoms with Crippen molar-refractivity contribution in [3.8, 4) is 11.4 Å². The van der Waals surface area contributed by atoms with Gasteiger partial charge in [0.25, 0.3) is 5.91 Å². The van der Waals surface area contributed by atoms with E-state index in [1.807, 2.05) is 48.9 Å². The molecule has 2 heterocycles. The molecule has 29 heavy (non-hydrogen) atoms. The van der Waals surface area contributed by atoms with Gasteiger partial charge < -0.3 is 9.84 Å². The van der Waals surface area contributed by atoms with Crippen LogP contribution in [0.3, 0.4) is 0 Å². The number of hydrogen-bond acceptors (Lipinski definition) is 5. The molecule has 0 aliphatic rings. The minimum atomic E-state index is -0.434. The summed E-state index contributed by atoms with van der Waals surface area (Å²) in [5, 5.41) is 11.5. The van der Waals surface area contributed by atoms with Gasteiger partial charge in [0.15, 0.2) is 0 Å². The zero-order chi connectivity index (χ0) is 21.3. The minimum absolute atomic E-state index is 0.209. The molecule has 0 bridgehead atoms. The average Bonchev–Trinajstić information content (AvgIpc) is 3.29. The zero-order valence-electron chi connectivity index (χ0n) is 18.1. The van der Waals surface area contributed by atoms with Gasteiger partial charge in [0.2, 0.25) is 11.7 Å². The third-order valence-electron chi connectivity index (χ3n) is 4.67. The van der Waals surface area contributed by atoms with E-state index in [1.165, 1.54) is 0 Å². The van der Waals surface area contributed by atoms with Gasteiger partial charge in [-0.2, -0.15) is 10.1 Å². The number of carbonyl (C=O) groups excluding carboxylic acids is 1. The Hall–Kier alpha value is -2.96. The smallest absolute Gasteiger partial charge is 0.272 e. The molecule has 0 aliphatic heterocycles. The number of amides is 1. The summed E-state index contributed by atoms with van der Waals surface area (Å²) in [7, 11) is 0. The van der Waals surface area contributed by atoms with Crippen LogP contribution in [0.4, 0.5) is 0 Å². The van der Waals surface area contributed by atoms with E-state index < -0.39 is 6.04 Å². The molecule has 1 aromatic carbocycles. The molecule has 0 fully saturated rings. The summed E-state index contributed by atoms with van der Waals surface area (Å²) in [6, 6.07) is 9.29. The van der Waals surface area contributed by atoms with E-state index in [0.29, 0.717) is 17.4 Å². The van der Waals surface area contributed by atoms with Crippen molar-refractivity contribution in [2.45, 2.75) is 66.0 Å². The second-order valence-electron chi connectivity index (χ2n) is 8.71. The molecular weight excluding hydrogens is 366 g/mol. The average molecular weight is 396 g/mol. The van der Waals surface area contributed by atoms with E-state index in [-0.39, 0.29) is 17.4 Å². The SMILES string of the molecule is Cc1ccc(-c2noc(C(C)NC(=O)c3cc(C(C)C)n(C(C)(C)C)n3)n2)cc1. The van der Waals surface area contributed by atoms with Crippen LogP contribution < -0.4 is 5.32 Å². The van der Waals surface area contributed by atoms with Crippen LogP contribution in [0.5, 0.6) is 0 Å². The largest absolute Gasteiger partial charge is 0.339 e. The third-order valence-corrected chi connectivity index (χ3v) is 4.67. The first-order chi connectivity index (χ1) is 13.6. The third kappa shape index (κ3) is 4.55. The molecule has 0 aliphatic carbocycles. The van der Waals surface area contributed by atoms with E-state index in [2.05, 4.69) is 55.2 Å². The molecular formula is C22H29N5O2. The van der Waals surface area contributed by atoms with Gasteiger partial charge in [0.05, 0.1) is 5.54 Å². The lowest BCUT2D eigenvalue weighted by molar-refractivity contribution is 0.0926. The Balaban J connectivity index is 1.77. The van der Waals surface area contributed by atoms with Crippen LogP contribution in [0.2, 0.25) is 0 Å². The fourth-order valence-electron chi connectivity index (χ4n) is 3.02. The van der Waals surface area contributed by atoms with Crippen LogP contribution >= 0.6 is 0 Å². The lowest BCUT2D eigenvalue weighted by Crippen LogP contribution is -2.29. The quantitative estimate of drug-likeness (QED) is 0.682. The summed E-state index contributed by atoms with van der Waals surface area (Å²) in [5.74, 6) is 0.847. The number of rotatable bonds is 5. The highest BCUT2D eigenvalue weighted by molar-refractivity contribution is 5.92. The number of carbonyl (C=O) groups is 1. The van der Waals surface area contributed by atoms with Gasteiger partial charge in [0.1, 0.15) is 11.7 Å². The number of hydrogen-bond donors (Lipinski definition) is 1. The van der Waals surface area contributed by atoms with Gasteiger partial charge in [-0.3, -0.25) is 9.48 Å². The van der Waals surface area contributed by atoms with Gasteiger partial charge in [-0.05, 0) is 46.6 Å². The van der Waals surface area contributed by atoms with Crippen molar-refractivity contribution < 1.29 is 9.32 Å². The van der Waals surface area contributed by atoms with E-state index >= 15 is 0 Å². The number of nitrogens with one attached hydrogen (secondary N) is 1. The van der Waals surface area contributed by atoms with Gasteiger partial charge in [-0.1, -0.05) is 48.8 Å². The normalized spacial score (nSPS) is 13.0. The maximum absolute atomic E-state index is 12.8. The number of nitrogens with zero attached hydrogens (tertiary/aromatic N) is 4. The van der Waals surface area contributed by atoms with Gasteiger partial charge in [-0.25, -0.2) is 0 Å². The van der Waals surface area contributed by atoms with Gasteiger partial charge in [-0.15, -0.1) is 0 Å². The molecule has 0 spiro atoms. The van der Waals surface area contributed by atoms with Crippen molar-refractivity contribution in [2.75, 3.05) is 0 Å². The fourth-order valence-corrected chi connectivity index (χ4v) is 3.02. The molecule has 1 atom stereocenters. The number of aryl methyl sites for hydroxylation is 1. The molecule has 0 saturated carbocycles. The zero-order valence-corrected chi connectivity index (χ0v) is 18.1. The fraction of sp³-hybridized carbons (Fsp3) is 0.455. The summed E-state index contributed by atoms with van der Waals surface area (Å²) >= 11 is 0. The van der Waals surface area contributed by atoms with Crippen molar-refractivity contribution in [3.63, 3.8) is 0 Å². The Kier molecular flexibility index (Phi) is 5.59. The van der Waals surface area contributed by atoms with Crippen molar-refractivity contribution in [1.29, 1.82) is 0 Å². The molecule has 3 rings (SSSR count). The van der Waals surface area contributed by atoms with Gasteiger partial charge >= 0.3 is 0 Å². The monoisotopic (exact) mass is 395 g/mol. The van der Waals surface area contributed by atoms with Crippen LogP contribution in [0, 0.1) is 6.92 Å². The molecule has 154 valence electrons. The van der Waals surface area contributed by atoms with Crippen LogP contribution in [0.25, 0.3) is 11.4 Å². The molecule has 1 amide bonds. The van der Waals surface area contributed by atoms with E-state index in [0.717, 1.165) is 16.8 Å². The predicted molar refractivity (Wildman–Crippen MR) is 112 cm³/mol. The molecule has 1 unspecified atom stereocenters. The highest BCUT2D eigenvalue weighted by atomic mass is 16.5. The minimum Gasteiger partial charge on any atom is -0.339 e. The summed E-state index contributed by atoms with van der Waals surface area (Å²) in [5.41, 5.74) is 3.23. The van der Waals surface area contributed by atoms with Crippen LogP contribution in [0.1, 0.15) is 81.1 Å². The summed E-state index contributed by atoms with van der Waals surface area (Å²) in [6.07, 6.45) is 0. The molecule has 0 saturated heterocycles. The maximum Gasteiger partial charge on any atom is 0.272 e. The topological polar surface area (TPSA) is 85.8 Å². The Morgan fingerprint density at radius 2 is 1.79 bits per heavy atom. The van der Waals surface area contributed by atoms with Crippen LogP contribution in [0.15, 0.2) is 34.9 Å². The van der Waals surface area contributed by atoms with Crippen LogP contribution in [-0.2, 0) is 5.54 Å². The Labute approximate surface area is 171 Å². The first-order valence-electron chi connectivity index (χ1n) is 9.88. The number of aromatic nitrogens is 4. The van der Waals surface area contributed by atoms with E-state index in [4.69, 9.17) is 4.52 Å². The summed E-state index contributed by atoms with van der Waals surface area (Å²) in [6.45, 7) is 14.2. The molecule has 7 heteroatoms. The lowest BCUT2D eigenvalue weighted by atomic mass is 10.1. The Morgan fingerprint density at radius 1 is 1.14 bits per heavy atom. The number of benzene rings is 1. The first kappa shape index (κ1) is 20.8. The van der Waals surface area contributed by atoms with Crippen molar-refractivity contribution in [2.24, 2.45) is 0 Å². The van der Waals surface area contributed by atoms with E-state index in [9.17, 15) is 4.79 Å². The standard InChI is InChI=1S/C22H29N5O2/c1-13(2)18-12-17(25-27(18)22(5,6)7)20(28)23-15(4)21-24-19(26-29-21)16-10-8-14(3)9-11-16/h8-13,15H,1-7H3,(H,23,28). The highest BCUT2D eigenvalue weighted by Crippen LogP contribution is 2.24.